The zero-order chi connectivity index (χ0) is 9.97. The van der Waals surface area contributed by atoms with E-state index in [2.05, 4.69) is 20.1 Å². The standard InChI is InChI=1S/C8H10N6/c1-2-14-8(12-5-13-14)6-7(9)11-4-3-10-6/h3-5H,2H2,1H3,(H2,9,11). The molecule has 2 rings (SSSR count). The minimum absolute atomic E-state index is 0.371. The lowest BCUT2D eigenvalue weighted by Gasteiger charge is -2.03. The maximum Gasteiger partial charge on any atom is 0.180 e. The molecule has 2 aromatic heterocycles. The zero-order valence-electron chi connectivity index (χ0n) is 7.75. The van der Waals surface area contributed by atoms with E-state index in [0.29, 0.717) is 17.3 Å². The Balaban J connectivity index is 2.54. The van der Waals surface area contributed by atoms with Crippen LogP contribution >= 0.6 is 0 Å². The molecule has 72 valence electrons. The molecule has 0 aromatic carbocycles. The van der Waals surface area contributed by atoms with Crippen LogP contribution in [0, 0.1) is 0 Å². The van der Waals surface area contributed by atoms with E-state index >= 15 is 0 Å². The van der Waals surface area contributed by atoms with Gasteiger partial charge in [0, 0.05) is 18.9 Å². The normalized spacial score (nSPS) is 10.4. The first-order chi connectivity index (χ1) is 6.83. The van der Waals surface area contributed by atoms with Crippen molar-refractivity contribution in [1.29, 1.82) is 0 Å². The molecule has 0 aliphatic carbocycles. The van der Waals surface area contributed by atoms with E-state index in [1.165, 1.54) is 6.33 Å². The molecule has 2 heterocycles. The number of aromatic nitrogens is 5. The van der Waals surface area contributed by atoms with Crippen LogP contribution in [0.3, 0.4) is 0 Å². The van der Waals surface area contributed by atoms with Crippen molar-refractivity contribution >= 4 is 5.82 Å². The van der Waals surface area contributed by atoms with Gasteiger partial charge in [-0.3, -0.25) is 0 Å². The van der Waals surface area contributed by atoms with E-state index < -0.39 is 0 Å². The Labute approximate surface area is 80.8 Å². The summed E-state index contributed by atoms with van der Waals surface area (Å²) in [5, 5.41) is 4.03. The third-order valence-corrected chi connectivity index (χ3v) is 1.85. The van der Waals surface area contributed by atoms with Crippen LogP contribution in [0.4, 0.5) is 5.82 Å². The Morgan fingerprint density at radius 1 is 1.29 bits per heavy atom. The number of rotatable bonds is 2. The molecule has 0 unspecified atom stereocenters. The Bertz CT molecular complexity index is 435. The molecule has 0 saturated carbocycles. The molecule has 14 heavy (non-hydrogen) atoms. The minimum Gasteiger partial charge on any atom is -0.382 e. The fourth-order valence-corrected chi connectivity index (χ4v) is 1.20. The smallest absolute Gasteiger partial charge is 0.180 e. The van der Waals surface area contributed by atoms with E-state index in [1.54, 1.807) is 17.1 Å². The number of nitrogens with zero attached hydrogens (tertiary/aromatic N) is 5. The number of hydrogen-bond donors (Lipinski definition) is 1. The first-order valence-electron chi connectivity index (χ1n) is 4.27. The van der Waals surface area contributed by atoms with E-state index in [1.807, 2.05) is 6.92 Å². The summed E-state index contributed by atoms with van der Waals surface area (Å²) in [7, 11) is 0. The molecule has 6 nitrogen and oxygen atoms in total. The van der Waals surface area contributed by atoms with Gasteiger partial charge < -0.3 is 5.73 Å². The van der Waals surface area contributed by atoms with Gasteiger partial charge in [0.25, 0.3) is 0 Å². The summed E-state index contributed by atoms with van der Waals surface area (Å²) in [5.41, 5.74) is 6.26. The summed E-state index contributed by atoms with van der Waals surface area (Å²) >= 11 is 0. The van der Waals surface area contributed by atoms with Crippen molar-refractivity contribution in [2.24, 2.45) is 0 Å². The fourth-order valence-electron chi connectivity index (χ4n) is 1.20. The monoisotopic (exact) mass is 190 g/mol. The van der Waals surface area contributed by atoms with Crippen LogP contribution in [-0.4, -0.2) is 24.7 Å². The minimum atomic E-state index is 0.371. The lowest BCUT2D eigenvalue weighted by atomic mass is 10.4. The third kappa shape index (κ3) is 1.30. The molecule has 2 N–H and O–H groups in total. The van der Waals surface area contributed by atoms with Gasteiger partial charge in [-0.05, 0) is 6.92 Å². The highest BCUT2D eigenvalue weighted by Crippen LogP contribution is 2.17. The van der Waals surface area contributed by atoms with E-state index in [-0.39, 0.29) is 0 Å². The average Bonchev–Trinajstić information content (AvgIpc) is 2.66. The summed E-state index contributed by atoms with van der Waals surface area (Å²) in [6.45, 7) is 2.70. The fraction of sp³-hybridized carbons (Fsp3) is 0.250. The van der Waals surface area contributed by atoms with E-state index in [4.69, 9.17) is 5.73 Å². The highest BCUT2D eigenvalue weighted by Gasteiger charge is 2.10. The first kappa shape index (κ1) is 8.61. The van der Waals surface area contributed by atoms with Crippen LogP contribution in [0.1, 0.15) is 6.92 Å². The number of nitrogen functional groups attached to an aromatic ring is 1. The van der Waals surface area contributed by atoms with Crippen molar-refractivity contribution in [3.05, 3.63) is 18.7 Å². The molecule has 0 bridgehead atoms. The molecule has 0 spiro atoms. The van der Waals surface area contributed by atoms with Gasteiger partial charge in [-0.2, -0.15) is 5.10 Å². The lowest BCUT2D eigenvalue weighted by Crippen LogP contribution is -2.04. The van der Waals surface area contributed by atoms with Gasteiger partial charge in [-0.15, -0.1) is 0 Å². The molecule has 6 heteroatoms. The van der Waals surface area contributed by atoms with E-state index in [9.17, 15) is 0 Å². The second kappa shape index (κ2) is 3.41. The number of aryl methyl sites for hydroxylation is 1. The Morgan fingerprint density at radius 3 is 2.79 bits per heavy atom. The molecule has 2 aromatic rings. The van der Waals surface area contributed by atoms with Crippen LogP contribution in [0.5, 0.6) is 0 Å². The second-order valence-electron chi connectivity index (χ2n) is 2.69. The van der Waals surface area contributed by atoms with Gasteiger partial charge in [-0.25, -0.2) is 19.6 Å². The quantitative estimate of drug-likeness (QED) is 0.738. The van der Waals surface area contributed by atoms with Crippen molar-refractivity contribution in [1.82, 2.24) is 24.7 Å². The first-order valence-corrected chi connectivity index (χ1v) is 4.27. The van der Waals surface area contributed by atoms with Crippen LogP contribution < -0.4 is 5.73 Å². The molecule has 0 amide bonds. The van der Waals surface area contributed by atoms with E-state index in [0.717, 1.165) is 6.54 Å². The summed E-state index contributed by atoms with van der Waals surface area (Å²) in [5.74, 6) is 1.02. The topological polar surface area (TPSA) is 82.5 Å². The molecular weight excluding hydrogens is 180 g/mol. The van der Waals surface area contributed by atoms with Crippen molar-refractivity contribution in [2.45, 2.75) is 13.5 Å². The number of anilines is 1. The SMILES string of the molecule is CCn1ncnc1-c1nccnc1N. The summed E-state index contributed by atoms with van der Waals surface area (Å²) in [6.07, 6.45) is 4.61. The predicted molar refractivity (Wildman–Crippen MR) is 51.1 cm³/mol. The summed E-state index contributed by atoms with van der Waals surface area (Å²) in [4.78, 5) is 12.2. The summed E-state index contributed by atoms with van der Waals surface area (Å²) < 4.78 is 1.72. The summed E-state index contributed by atoms with van der Waals surface area (Å²) in [6, 6.07) is 0. The Kier molecular flexibility index (Phi) is 2.10. The van der Waals surface area contributed by atoms with Gasteiger partial charge in [0.2, 0.25) is 0 Å². The zero-order valence-corrected chi connectivity index (χ0v) is 7.75. The maximum atomic E-state index is 5.68. The average molecular weight is 190 g/mol. The predicted octanol–water partition coefficient (Wildman–Crippen LogP) is 0.337. The molecular formula is C8H10N6. The van der Waals surface area contributed by atoms with Crippen molar-refractivity contribution < 1.29 is 0 Å². The maximum absolute atomic E-state index is 5.68. The molecule has 0 aliphatic rings. The molecule has 0 atom stereocenters. The largest absolute Gasteiger partial charge is 0.382 e. The van der Waals surface area contributed by atoms with Crippen LogP contribution in [-0.2, 0) is 6.54 Å². The van der Waals surface area contributed by atoms with Gasteiger partial charge >= 0.3 is 0 Å². The van der Waals surface area contributed by atoms with Gasteiger partial charge in [0.05, 0.1) is 0 Å². The molecule has 0 aliphatic heterocycles. The molecule has 0 radical (unpaired) electrons. The Morgan fingerprint density at radius 2 is 2.07 bits per heavy atom. The lowest BCUT2D eigenvalue weighted by molar-refractivity contribution is 0.664. The Hall–Kier alpha value is -1.98. The van der Waals surface area contributed by atoms with Crippen LogP contribution in [0.25, 0.3) is 11.5 Å². The van der Waals surface area contributed by atoms with Crippen molar-refractivity contribution in [2.75, 3.05) is 5.73 Å². The highest BCUT2D eigenvalue weighted by molar-refractivity contribution is 5.62. The molecule has 0 fully saturated rings. The van der Waals surface area contributed by atoms with Gasteiger partial charge in [0.1, 0.15) is 12.0 Å². The van der Waals surface area contributed by atoms with Gasteiger partial charge in [-0.1, -0.05) is 0 Å². The number of hydrogen-bond acceptors (Lipinski definition) is 5. The van der Waals surface area contributed by atoms with Crippen molar-refractivity contribution in [3.8, 4) is 11.5 Å². The van der Waals surface area contributed by atoms with Crippen LogP contribution in [0.2, 0.25) is 0 Å². The molecule has 0 saturated heterocycles. The van der Waals surface area contributed by atoms with Crippen LogP contribution in [0.15, 0.2) is 18.7 Å². The number of nitrogens with two attached hydrogens (primary N) is 1. The highest BCUT2D eigenvalue weighted by atomic mass is 15.3. The van der Waals surface area contributed by atoms with Gasteiger partial charge in [0.15, 0.2) is 11.6 Å². The second-order valence-corrected chi connectivity index (χ2v) is 2.69. The third-order valence-electron chi connectivity index (χ3n) is 1.85. The van der Waals surface area contributed by atoms with Crippen molar-refractivity contribution in [3.63, 3.8) is 0 Å².